The summed E-state index contributed by atoms with van der Waals surface area (Å²) in [6.07, 6.45) is -1.50. The van der Waals surface area contributed by atoms with Gasteiger partial charge in [0.1, 0.15) is 5.75 Å². The highest BCUT2D eigenvalue weighted by Gasteiger charge is 2.16. The number of halogens is 3. The van der Waals surface area contributed by atoms with Crippen LogP contribution >= 0.6 is 15.9 Å². The maximum absolute atomic E-state index is 12.3. The van der Waals surface area contributed by atoms with Gasteiger partial charge in [-0.3, -0.25) is 4.98 Å². The van der Waals surface area contributed by atoms with E-state index < -0.39 is 6.43 Å². The monoisotopic (exact) mass is 251 g/mol. The van der Waals surface area contributed by atoms with Gasteiger partial charge in [0, 0.05) is 22.7 Å². The lowest BCUT2D eigenvalue weighted by Gasteiger charge is -2.08. The highest BCUT2D eigenvalue weighted by atomic mass is 79.9. The van der Waals surface area contributed by atoms with Gasteiger partial charge in [-0.1, -0.05) is 15.9 Å². The Hall–Kier alpha value is -0.710. The summed E-state index contributed by atoms with van der Waals surface area (Å²) in [7, 11) is 0. The lowest BCUT2D eigenvalue weighted by molar-refractivity contribution is 0.149. The summed E-state index contributed by atoms with van der Waals surface area (Å²) in [5.41, 5.74) is 0.351. The van der Waals surface area contributed by atoms with E-state index in [0.29, 0.717) is 11.0 Å². The minimum atomic E-state index is -2.59. The van der Waals surface area contributed by atoms with E-state index in [2.05, 4.69) is 20.9 Å². The molecule has 0 bridgehead atoms. The van der Waals surface area contributed by atoms with E-state index in [9.17, 15) is 13.9 Å². The summed E-state index contributed by atoms with van der Waals surface area (Å²) in [5.74, 6) is -0.158. The minimum absolute atomic E-state index is 0.158. The van der Waals surface area contributed by atoms with Crippen molar-refractivity contribution >= 4 is 15.9 Å². The van der Waals surface area contributed by atoms with Gasteiger partial charge in [0.05, 0.1) is 5.69 Å². The molecule has 1 N–H and O–H groups in total. The van der Waals surface area contributed by atoms with Crippen molar-refractivity contribution in [2.75, 3.05) is 0 Å². The fourth-order valence-electron chi connectivity index (χ4n) is 0.976. The molecule has 0 saturated heterocycles. The third-order valence-corrected chi connectivity index (χ3v) is 2.31. The van der Waals surface area contributed by atoms with Crippen LogP contribution in [0.15, 0.2) is 6.20 Å². The molecule has 2 nitrogen and oxygen atoms in total. The van der Waals surface area contributed by atoms with Crippen LogP contribution in [-0.2, 0) is 5.33 Å². The van der Waals surface area contributed by atoms with Gasteiger partial charge in [-0.15, -0.1) is 0 Å². The SMILES string of the molecule is Cc1c(C(F)F)cnc(CBr)c1O. The molecule has 72 valence electrons. The van der Waals surface area contributed by atoms with Crippen LogP contribution in [0.3, 0.4) is 0 Å². The lowest BCUT2D eigenvalue weighted by atomic mass is 10.1. The highest BCUT2D eigenvalue weighted by Crippen LogP contribution is 2.30. The quantitative estimate of drug-likeness (QED) is 0.821. The zero-order valence-electron chi connectivity index (χ0n) is 6.89. The van der Waals surface area contributed by atoms with E-state index in [0.717, 1.165) is 6.20 Å². The Kier molecular flexibility index (Phi) is 3.19. The summed E-state index contributed by atoms with van der Waals surface area (Å²) in [4.78, 5) is 3.70. The molecule has 13 heavy (non-hydrogen) atoms. The second-order valence-corrected chi connectivity index (χ2v) is 3.13. The van der Waals surface area contributed by atoms with Crippen molar-refractivity contribution in [3.8, 4) is 5.75 Å². The van der Waals surface area contributed by atoms with E-state index in [4.69, 9.17) is 0 Å². The van der Waals surface area contributed by atoms with Gasteiger partial charge in [-0.05, 0) is 6.92 Å². The molecule has 0 aliphatic heterocycles. The predicted octanol–water partition coefficient (Wildman–Crippen LogP) is 2.93. The van der Waals surface area contributed by atoms with Crippen LogP contribution in [0.1, 0.15) is 23.2 Å². The summed E-state index contributed by atoms with van der Waals surface area (Å²) >= 11 is 3.09. The average Bonchev–Trinajstić information content (AvgIpc) is 2.09. The van der Waals surface area contributed by atoms with Gasteiger partial charge >= 0.3 is 0 Å². The number of hydrogen-bond donors (Lipinski definition) is 1. The van der Waals surface area contributed by atoms with Crippen LogP contribution in [-0.4, -0.2) is 10.1 Å². The fraction of sp³-hybridized carbons (Fsp3) is 0.375. The molecule has 0 atom stereocenters. The maximum atomic E-state index is 12.3. The van der Waals surface area contributed by atoms with E-state index >= 15 is 0 Å². The third kappa shape index (κ3) is 1.96. The molecule has 0 radical (unpaired) electrons. The number of aromatic nitrogens is 1. The Morgan fingerprint density at radius 1 is 1.62 bits per heavy atom. The molecule has 1 aromatic heterocycles. The van der Waals surface area contributed by atoms with E-state index in [1.165, 1.54) is 6.92 Å². The minimum Gasteiger partial charge on any atom is -0.506 e. The first-order valence-electron chi connectivity index (χ1n) is 3.59. The van der Waals surface area contributed by atoms with Gasteiger partial charge in [-0.2, -0.15) is 0 Å². The Balaban J connectivity index is 3.23. The number of hydrogen-bond acceptors (Lipinski definition) is 2. The molecule has 0 spiro atoms. The third-order valence-electron chi connectivity index (χ3n) is 1.78. The van der Waals surface area contributed by atoms with Crippen LogP contribution in [0.25, 0.3) is 0 Å². The van der Waals surface area contributed by atoms with Crippen molar-refractivity contribution in [3.05, 3.63) is 23.0 Å². The van der Waals surface area contributed by atoms with Crippen molar-refractivity contribution in [1.82, 2.24) is 4.98 Å². The van der Waals surface area contributed by atoms with Crippen molar-refractivity contribution in [2.45, 2.75) is 18.7 Å². The molecule has 0 aliphatic rings. The first kappa shape index (κ1) is 10.4. The number of rotatable bonds is 2. The molecule has 5 heteroatoms. The Morgan fingerprint density at radius 3 is 2.69 bits per heavy atom. The smallest absolute Gasteiger partial charge is 0.265 e. The standard InChI is InChI=1S/C8H8BrF2NO/c1-4-5(8(10)11)3-12-6(2-9)7(4)13/h3,8,13H,2H2,1H3. The Labute approximate surface area is 82.7 Å². The first-order chi connectivity index (χ1) is 6.07. The van der Waals surface area contributed by atoms with Crippen LogP contribution in [0.4, 0.5) is 8.78 Å². The van der Waals surface area contributed by atoms with Crippen LogP contribution < -0.4 is 0 Å². The molecule has 1 heterocycles. The topological polar surface area (TPSA) is 33.1 Å². The highest BCUT2D eigenvalue weighted by molar-refractivity contribution is 9.08. The van der Waals surface area contributed by atoms with Gasteiger partial charge in [-0.25, -0.2) is 8.78 Å². The van der Waals surface area contributed by atoms with Crippen LogP contribution in [0.2, 0.25) is 0 Å². The maximum Gasteiger partial charge on any atom is 0.265 e. The summed E-state index contributed by atoms with van der Waals surface area (Å²) in [6, 6.07) is 0. The van der Waals surface area contributed by atoms with E-state index in [1.54, 1.807) is 0 Å². The van der Waals surface area contributed by atoms with Crippen molar-refractivity contribution in [2.24, 2.45) is 0 Å². The molecule has 0 unspecified atom stereocenters. The molecule has 0 saturated carbocycles. The molecular formula is C8H8BrF2NO. The molecule has 0 amide bonds. The second-order valence-electron chi connectivity index (χ2n) is 2.57. The van der Waals surface area contributed by atoms with Gasteiger partial charge in [0.2, 0.25) is 0 Å². The average molecular weight is 252 g/mol. The number of pyridine rings is 1. The van der Waals surface area contributed by atoms with Gasteiger partial charge < -0.3 is 5.11 Å². The zero-order chi connectivity index (χ0) is 10.0. The van der Waals surface area contributed by atoms with Gasteiger partial charge in [0.25, 0.3) is 6.43 Å². The molecule has 1 rings (SSSR count). The Morgan fingerprint density at radius 2 is 2.23 bits per heavy atom. The normalized spacial score (nSPS) is 10.8. The summed E-state index contributed by atoms with van der Waals surface area (Å²) in [6.45, 7) is 1.45. The Bertz CT molecular complexity index is 317. The summed E-state index contributed by atoms with van der Waals surface area (Å²) < 4.78 is 24.6. The molecule has 0 aliphatic carbocycles. The van der Waals surface area contributed by atoms with Crippen molar-refractivity contribution in [1.29, 1.82) is 0 Å². The number of nitrogens with zero attached hydrogens (tertiary/aromatic N) is 1. The predicted molar refractivity (Wildman–Crippen MR) is 48.2 cm³/mol. The largest absolute Gasteiger partial charge is 0.506 e. The second kappa shape index (κ2) is 4.00. The molecule has 0 fully saturated rings. The van der Waals surface area contributed by atoms with Crippen molar-refractivity contribution < 1.29 is 13.9 Å². The van der Waals surface area contributed by atoms with E-state index in [1.807, 2.05) is 0 Å². The van der Waals surface area contributed by atoms with Gasteiger partial charge in [0.15, 0.2) is 0 Å². The zero-order valence-corrected chi connectivity index (χ0v) is 8.48. The molecular weight excluding hydrogens is 244 g/mol. The fourth-order valence-corrected chi connectivity index (χ4v) is 1.39. The molecule has 1 aromatic rings. The van der Waals surface area contributed by atoms with Crippen LogP contribution in [0, 0.1) is 6.92 Å². The van der Waals surface area contributed by atoms with E-state index in [-0.39, 0.29) is 16.9 Å². The first-order valence-corrected chi connectivity index (χ1v) is 4.71. The number of alkyl halides is 3. The summed E-state index contributed by atoms with van der Waals surface area (Å²) in [5, 5.41) is 9.75. The van der Waals surface area contributed by atoms with Crippen LogP contribution in [0.5, 0.6) is 5.75 Å². The lowest BCUT2D eigenvalue weighted by Crippen LogP contribution is -1.96. The number of aromatic hydroxyl groups is 1. The molecule has 0 aromatic carbocycles. The van der Waals surface area contributed by atoms with Crippen molar-refractivity contribution in [3.63, 3.8) is 0 Å².